The molecule has 0 aromatic heterocycles. The second kappa shape index (κ2) is 24.0. The Bertz CT molecular complexity index is 251. The number of aliphatic hydroxyl groups is 1. The van der Waals surface area contributed by atoms with Crippen molar-refractivity contribution < 1.29 is 5.11 Å². The van der Waals surface area contributed by atoms with Crippen LogP contribution in [-0.2, 0) is 0 Å². The summed E-state index contributed by atoms with van der Waals surface area (Å²) >= 11 is 0. The smallest absolute Gasteiger partial charge is 0.0433 e. The van der Waals surface area contributed by atoms with Gasteiger partial charge < -0.3 is 5.11 Å². The quantitative estimate of drug-likeness (QED) is 0.175. The number of hydrogen-bond donors (Lipinski definition) is 1. The van der Waals surface area contributed by atoms with Gasteiger partial charge in [-0.25, -0.2) is 0 Å². The van der Waals surface area contributed by atoms with Gasteiger partial charge >= 0.3 is 0 Å². The predicted octanol–water partition coefficient (Wildman–Crippen LogP) is 9.22. The molecule has 0 aromatic carbocycles. The fourth-order valence-corrected chi connectivity index (χ4v) is 4.28. The average Bonchev–Trinajstić information content (AvgIpc) is 2.68. The monoisotopic (exact) mass is 382 g/mol. The van der Waals surface area contributed by atoms with E-state index in [0.29, 0.717) is 6.61 Å². The minimum atomic E-state index is 0.389. The Balaban J connectivity index is 3.41. The lowest BCUT2D eigenvalue weighted by Gasteiger charge is -2.15. The highest BCUT2D eigenvalue weighted by Crippen LogP contribution is 2.22. The highest BCUT2D eigenvalue weighted by Gasteiger charge is 2.08. The van der Waals surface area contributed by atoms with E-state index in [4.69, 9.17) is 0 Å². The van der Waals surface area contributed by atoms with Crippen molar-refractivity contribution in [1.82, 2.24) is 0 Å². The maximum absolute atomic E-state index is 9.34. The van der Waals surface area contributed by atoms with E-state index in [9.17, 15) is 5.11 Å². The number of aliphatic hydroxyl groups excluding tert-OH is 1. The number of unbranched alkanes of at least 4 members (excludes halogenated alkanes) is 17. The Labute approximate surface area is 173 Å². The first-order chi connectivity index (χ1) is 13.3. The molecule has 1 atom stereocenters. The molecule has 1 unspecified atom stereocenters. The highest BCUT2D eigenvalue weighted by molar-refractivity contribution is 4.61. The van der Waals surface area contributed by atoms with Gasteiger partial charge in [0, 0.05) is 6.61 Å². The van der Waals surface area contributed by atoms with Gasteiger partial charge in [-0.15, -0.1) is 0 Å². The Morgan fingerprint density at radius 1 is 0.407 bits per heavy atom. The van der Waals surface area contributed by atoms with E-state index >= 15 is 0 Å². The SMILES string of the molecule is CCCCCCCCCCCCC(CCO)CCCCCCCCCCC. The molecule has 0 saturated carbocycles. The average molecular weight is 383 g/mol. The summed E-state index contributed by atoms with van der Waals surface area (Å²) < 4.78 is 0. The molecular formula is C26H54O. The summed E-state index contributed by atoms with van der Waals surface area (Å²) in [5.74, 6) is 0.786. The van der Waals surface area contributed by atoms with Crippen molar-refractivity contribution in [2.24, 2.45) is 5.92 Å². The van der Waals surface area contributed by atoms with E-state index in [-0.39, 0.29) is 0 Å². The molecule has 0 aliphatic heterocycles. The molecule has 0 heterocycles. The molecule has 0 radical (unpaired) electrons. The van der Waals surface area contributed by atoms with E-state index in [1.165, 1.54) is 135 Å². The van der Waals surface area contributed by atoms with Crippen molar-refractivity contribution in [3.05, 3.63) is 0 Å². The van der Waals surface area contributed by atoms with E-state index in [1.807, 2.05) is 0 Å². The lowest BCUT2D eigenvalue weighted by atomic mass is 9.91. The van der Waals surface area contributed by atoms with Crippen LogP contribution in [0.2, 0.25) is 0 Å². The lowest BCUT2D eigenvalue weighted by Crippen LogP contribution is -2.03. The van der Waals surface area contributed by atoms with Crippen LogP contribution in [0.3, 0.4) is 0 Å². The van der Waals surface area contributed by atoms with Crippen LogP contribution >= 0.6 is 0 Å². The summed E-state index contributed by atoms with van der Waals surface area (Å²) in [5, 5.41) is 9.34. The first-order valence-corrected chi connectivity index (χ1v) is 13.0. The third-order valence-corrected chi connectivity index (χ3v) is 6.22. The van der Waals surface area contributed by atoms with Gasteiger partial charge in [0.05, 0.1) is 0 Å². The third kappa shape index (κ3) is 22.1. The van der Waals surface area contributed by atoms with Crippen molar-refractivity contribution in [3.8, 4) is 0 Å². The van der Waals surface area contributed by atoms with Crippen LogP contribution in [0.25, 0.3) is 0 Å². The fraction of sp³-hybridized carbons (Fsp3) is 1.00. The van der Waals surface area contributed by atoms with Crippen LogP contribution in [0.15, 0.2) is 0 Å². The number of hydrogen-bond acceptors (Lipinski definition) is 1. The van der Waals surface area contributed by atoms with E-state index in [0.717, 1.165) is 12.3 Å². The van der Waals surface area contributed by atoms with Gasteiger partial charge in [0.1, 0.15) is 0 Å². The van der Waals surface area contributed by atoms with Gasteiger partial charge in [-0.05, 0) is 12.3 Å². The molecule has 164 valence electrons. The number of rotatable bonds is 23. The Morgan fingerprint density at radius 3 is 1.00 bits per heavy atom. The molecule has 0 amide bonds. The van der Waals surface area contributed by atoms with Crippen molar-refractivity contribution in [1.29, 1.82) is 0 Å². The second-order valence-electron chi connectivity index (χ2n) is 8.97. The molecule has 0 aliphatic rings. The van der Waals surface area contributed by atoms with Crippen molar-refractivity contribution >= 4 is 0 Å². The largest absolute Gasteiger partial charge is 0.396 e. The molecule has 0 rings (SSSR count). The standard InChI is InChI=1S/C26H54O/c1-3-5-7-9-11-13-15-17-19-21-23-26(24-25-27)22-20-18-16-14-12-10-8-6-4-2/h26-27H,3-25H2,1-2H3. The Kier molecular flexibility index (Phi) is 24.0. The molecule has 1 N–H and O–H groups in total. The lowest BCUT2D eigenvalue weighted by molar-refractivity contribution is 0.241. The predicted molar refractivity (Wildman–Crippen MR) is 123 cm³/mol. The first-order valence-electron chi connectivity index (χ1n) is 13.0. The van der Waals surface area contributed by atoms with E-state index in [2.05, 4.69) is 13.8 Å². The van der Waals surface area contributed by atoms with E-state index < -0.39 is 0 Å². The zero-order valence-corrected chi connectivity index (χ0v) is 19.3. The summed E-state index contributed by atoms with van der Waals surface area (Å²) in [7, 11) is 0. The zero-order chi connectivity index (χ0) is 19.8. The summed E-state index contributed by atoms with van der Waals surface area (Å²) in [5.41, 5.74) is 0. The van der Waals surface area contributed by atoms with Gasteiger partial charge in [-0.3, -0.25) is 0 Å². The Hall–Kier alpha value is -0.0400. The van der Waals surface area contributed by atoms with Gasteiger partial charge in [0.15, 0.2) is 0 Å². The van der Waals surface area contributed by atoms with Crippen LogP contribution in [0.1, 0.15) is 155 Å². The second-order valence-corrected chi connectivity index (χ2v) is 8.97. The maximum Gasteiger partial charge on any atom is 0.0433 e. The molecule has 1 nitrogen and oxygen atoms in total. The molecular weight excluding hydrogens is 328 g/mol. The van der Waals surface area contributed by atoms with Gasteiger partial charge in [-0.2, -0.15) is 0 Å². The normalized spacial score (nSPS) is 12.6. The van der Waals surface area contributed by atoms with Crippen LogP contribution in [0.5, 0.6) is 0 Å². The summed E-state index contributed by atoms with van der Waals surface area (Å²) in [6.07, 6.45) is 30.7. The van der Waals surface area contributed by atoms with Crippen molar-refractivity contribution in [3.63, 3.8) is 0 Å². The first kappa shape index (κ1) is 27.0. The fourth-order valence-electron chi connectivity index (χ4n) is 4.28. The maximum atomic E-state index is 9.34. The van der Waals surface area contributed by atoms with Crippen LogP contribution in [0.4, 0.5) is 0 Å². The minimum Gasteiger partial charge on any atom is -0.396 e. The summed E-state index contributed by atoms with van der Waals surface area (Å²) in [6, 6.07) is 0. The van der Waals surface area contributed by atoms with Crippen molar-refractivity contribution in [2.75, 3.05) is 6.61 Å². The topological polar surface area (TPSA) is 20.2 Å². The van der Waals surface area contributed by atoms with E-state index in [1.54, 1.807) is 0 Å². The van der Waals surface area contributed by atoms with Crippen LogP contribution < -0.4 is 0 Å². The molecule has 0 fully saturated rings. The minimum absolute atomic E-state index is 0.389. The molecule has 0 saturated heterocycles. The van der Waals surface area contributed by atoms with Crippen molar-refractivity contribution in [2.45, 2.75) is 155 Å². The summed E-state index contributed by atoms with van der Waals surface area (Å²) in [4.78, 5) is 0. The molecule has 0 bridgehead atoms. The van der Waals surface area contributed by atoms with Gasteiger partial charge in [-0.1, -0.05) is 149 Å². The molecule has 1 heteroatoms. The van der Waals surface area contributed by atoms with Gasteiger partial charge in [0.25, 0.3) is 0 Å². The van der Waals surface area contributed by atoms with Crippen LogP contribution in [-0.4, -0.2) is 11.7 Å². The molecule has 0 aliphatic carbocycles. The van der Waals surface area contributed by atoms with Gasteiger partial charge in [0.2, 0.25) is 0 Å². The molecule has 27 heavy (non-hydrogen) atoms. The Morgan fingerprint density at radius 2 is 0.704 bits per heavy atom. The molecule has 0 aromatic rings. The highest BCUT2D eigenvalue weighted by atomic mass is 16.3. The van der Waals surface area contributed by atoms with Crippen LogP contribution in [0, 0.1) is 5.92 Å². The third-order valence-electron chi connectivity index (χ3n) is 6.22. The summed E-state index contributed by atoms with van der Waals surface area (Å²) in [6.45, 7) is 4.97. The zero-order valence-electron chi connectivity index (χ0n) is 19.3. The molecule has 0 spiro atoms.